The van der Waals surface area contributed by atoms with Crippen LogP contribution in [0.2, 0.25) is 0 Å². The first-order valence-corrected chi connectivity index (χ1v) is 6.92. The van der Waals surface area contributed by atoms with Gasteiger partial charge in [-0.25, -0.2) is 4.98 Å². The van der Waals surface area contributed by atoms with Gasteiger partial charge in [-0.15, -0.1) is 0 Å². The van der Waals surface area contributed by atoms with Gasteiger partial charge in [0, 0.05) is 30.8 Å². The molecular weight excluding hydrogens is 266 g/mol. The van der Waals surface area contributed by atoms with Crippen LogP contribution in [0.3, 0.4) is 0 Å². The predicted molar refractivity (Wildman–Crippen MR) is 80.3 cm³/mol. The fourth-order valence-electron chi connectivity index (χ4n) is 2.68. The number of benzene rings is 2. The van der Waals surface area contributed by atoms with Gasteiger partial charge in [0.25, 0.3) is 0 Å². The van der Waals surface area contributed by atoms with Gasteiger partial charge in [-0.1, -0.05) is 30.3 Å². The molecule has 0 saturated carbocycles. The van der Waals surface area contributed by atoms with E-state index in [1.54, 1.807) is 0 Å². The van der Waals surface area contributed by atoms with Gasteiger partial charge in [-0.2, -0.15) is 0 Å². The van der Waals surface area contributed by atoms with E-state index in [2.05, 4.69) is 16.7 Å². The molecule has 3 aromatic rings. The van der Waals surface area contributed by atoms with Gasteiger partial charge in [-0.3, -0.25) is 0 Å². The number of imidazole rings is 1. The van der Waals surface area contributed by atoms with Crippen LogP contribution in [-0.2, 0) is 6.54 Å². The highest BCUT2D eigenvalue weighted by Crippen LogP contribution is 2.37. The van der Waals surface area contributed by atoms with E-state index in [4.69, 9.17) is 20.2 Å². The lowest BCUT2D eigenvalue weighted by Gasteiger charge is -2.07. The van der Waals surface area contributed by atoms with Gasteiger partial charge >= 0.3 is 0 Å². The Labute approximate surface area is 121 Å². The number of nitrogens with zero attached hydrogens (tertiary/aromatic N) is 2. The second kappa shape index (κ2) is 4.79. The molecule has 0 radical (unpaired) electrons. The molecule has 0 aliphatic carbocycles. The van der Waals surface area contributed by atoms with Crippen LogP contribution in [0.25, 0.3) is 22.4 Å². The summed E-state index contributed by atoms with van der Waals surface area (Å²) in [5.41, 5.74) is 8.75. The zero-order valence-corrected chi connectivity index (χ0v) is 11.5. The Morgan fingerprint density at radius 2 is 1.86 bits per heavy atom. The largest absolute Gasteiger partial charge is 0.454 e. The lowest BCUT2D eigenvalue weighted by molar-refractivity contribution is 0.174. The molecule has 1 aliphatic rings. The SMILES string of the molecule is NCCn1c(-c2ccccc2)nc2cc3c(cc21)OCO3. The van der Waals surface area contributed by atoms with Crippen LogP contribution in [0.15, 0.2) is 42.5 Å². The second-order valence-electron chi connectivity index (χ2n) is 4.94. The molecule has 0 fully saturated rings. The van der Waals surface area contributed by atoms with E-state index in [1.165, 1.54) is 0 Å². The van der Waals surface area contributed by atoms with Crippen molar-refractivity contribution in [2.45, 2.75) is 6.54 Å². The molecule has 0 bridgehead atoms. The van der Waals surface area contributed by atoms with Crippen molar-refractivity contribution in [2.75, 3.05) is 13.3 Å². The van der Waals surface area contributed by atoms with Crippen molar-refractivity contribution < 1.29 is 9.47 Å². The molecule has 5 heteroatoms. The fraction of sp³-hybridized carbons (Fsp3) is 0.188. The van der Waals surface area contributed by atoms with Crippen molar-refractivity contribution in [1.82, 2.24) is 9.55 Å². The van der Waals surface area contributed by atoms with Crippen molar-refractivity contribution >= 4 is 11.0 Å². The third-order valence-electron chi connectivity index (χ3n) is 3.63. The highest BCUT2D eigenvalue weighted by Gasteiger charge is 2.19. The van der Waals surface area contributed by atoms with Crippen LogP contribution in [0, 0.1) is 0 Å². The van der Waals surface area contributed by atoms with E-state index in [-0.39, 0.29) is 6.79 Å². The van der Waals surface area contributed by atoms with E-state index in [0.29, 0.717) is 13.1 Å². The molecule has 21 heavy (non-hydrogen) atoms. The zero-order valence-electron chi connectivity index (χ0n) is 11.5. The van der Waals surface area contributed by atoms with Crippen molar-refractivity contribution in [3.63, 3.8) is 0 Å². The summed E-state index contributed by atoms with van der Waals surface area (Å²) in [7, 11) is 0. The highest BCUT2D eigenvalue weighted by molar-refractivity contribution is 5.84. The summed E-state index contributed by atoms with van der Waals surface area (Å²) in [6.45, 7) is 1.53. The number of rotatable bonds is 3. The summed E-state index contributed by atoms with van der Waals surface area (Å²) < 4.78 is 13.0. The first-order chi connectivity index (χ1) is 10.4. The van der Waals surface area contributed by atoms with Crippen LogP contribution < -0.4 is 15.2 Å². The van der Waals surface area contributed by atoms with E-state index in [1.807, 2.05) is 30.3 Å². The topological polar surface area (TPSA) is 62.3 Å². The molecule has 1 aromatic heterocycles. The summed E-state index contributed by atoms with van der Waals surface area (Å²) in [6.07, 6.45) is 0. The first kappa shape index (κ1) is 12.2. The Bertz CT molecular complexity index is 796. The highest BCUT2D eigenvalue weighted by atomic mass is 16.7. The number of nitrogens with two attached hydrogens (primary N) is 1. The van der Waals surface area contributed by atoms with E-state index in [9.17, 15) is 0 Å². The Morgan fingerprint density at radius 3 is 2.62 bits per heavy atom. The van der Waals surface area contributed by atoms with Crippen molar-refractivity contribution in [2.24, 2.45) is 5.73 Å². The van der Waals surface area contributed by atoms with Gasteiger partial charge in [-0.05, 0) is 0 Å². The fourth-order valence-corrected chi connectivity index (χ4v) is 2.68. The van der Waals surface area contributed by atoms with E-state index < -0.39 is 0 Å². The normalized spacial score (nSPS) is 13.0. The summed E-state index contributed by atoms with van der Waals surface area (Å²) in [5, 5.41) is 0. The molecule has 0 amide bonds. The Balaban J connectivity index is 1.96. The third kappa shape index (κ3) is 1.94. The average molecular weight is 281 g/mol. The number of hydrogen-bond donors (Lipinski definition) is 1. The van der Waals surface area contributed by atoms with Crippen molar-refractivity contribution in [1.29, 1.82) is 0 Å². The van der Waals surface area contributed by atoms with Gasteiger partial charge in [0.15, 0.2) is 11.5 Å². The molecule has 2 N–H and O–H groups in total. The Morgan fingerprint density at radius 1 is 1.10 bits per heavy atom. The standard InChI is InChI=1S/C16H15N3O2/c17-6-7-19-13-9-15-14(20-10-21-15)8-12(13)18-16(19)11-4-2-1-3-5-11/h1-5,8-9H,6-7,10,17H2. The monoisotopic (exact) mass is 281 g/mol. The maximum atomic E-state index is 5.77. The maximum absolute atomic E-state index is 5.77. The minimum Gasteiger partial charge on any atom is -0.454 e. The number of fused-ring (bicyclic) bond motifs is 2. The van der Waals surface area contributed by atoms with Crippen molar-refractivity contribution in [3.05, 3.63) is 42.5 Å². The lowest BCUT2D eigenvalue weighted by atomic mass is 10.2. The number of ether oxygens (including phenoxy) is 2. The minimum absolute atomic E-state index is 0.268. The summed E-state index contributed by atoms with van der Waals surface area (Å²) in [4.78, 5) is 4.75. The van der Waals surface area contributed by atoms with E-state index >= 15 is 0 Å². The molecule has 106 valence electrons. The molecule has 1 aliphatic heterocycles. The molecule has 0 atom stereocenters. The zero-order chi connectivity index (χ0) is 14.2. The summed E-state index contributed by atoms with van der Waals surface area (Å²) in [5.74, 6) is 2.43. The molecular formula is C16H15N3O2. The third-order valence-corrected chi connectivity index (χ3v) is 3.63. The maximum Gasteiger partial charge on any atom is 0.231 e. The quantitative estimate of drug-likeness (QED) is 0.800. The molecule has 0 unspecified atom stereocenters. The average Bonchev–Trinajstić information content (AvgIpc) is 3.11. The lowest BCUT2D eigenvalue weighted by Crippen LogP contribution is -2.10. The summed E-state index contributed by atoms with van der Waals surface area (Å²) in [6, 6.07) is 14.0. The van der Waals surface area contributed by atoms with Crippen LogP contribution >= 0.6 is 0 Å². The molecule has 2 aromatic carbocycles. The van der Waals surface area contributed by atoms with Crippen LogP contribution in [0.5, 0.6) is 11.5 Å². The molecule has 0 saturated heterocycles. The van der Waals surface area contributed by atoms with Gasteiger partial charge in [0.05, 0.1) is 11.0 Å². The van der Waals surface area contributed by atoms with Gasteiger partial charge in [0.2, 0.25) is 6.79 Å². The molecule has 2 heterocycles. The summed E-state index contributed by atoms with van der Waals surface area (Å²) >= 11 is 0. The van der Waals surface area contributed by atoms with Gasteiger partial charge < -0.3 is 19.8 Å². The first-order valence-electron chi connectivity index (χ1n) is 6.92. The Kier molecular flexibility index (Phi) is 2.79. The van der Waals surface area contributed by atoms with Gasteiger partial charge in [0.1, 0.15) is 5.82 Å². The van der Waals surface area contributed by atoms with Crippen LogP contribution in [-0.4, -0.2) is 22.9 Å². The van der Waals surface area contributed by atoms with E-state index in [0.717, 1.165) is 33.9 Å². The minimum atomic E-state index is 0.268. The van der Waals surface area contributed by atoms with Crippen LogP contribution in [0.1, 0.15) is 0 Å². The van der Waals surface area contributed by atoms with Crippen LogP contribution in [0.4, 0.5) is 0 Å². The van der Waals surface area contributed by atoms with Crippen molar-refractivity contribution in [3.8, 4) is 22.9 Å². The number of aromatic nitrogens is 2. The second-order valence-corrected chi connectivity index (χ2v) is 4.94. The molecule has 0 spiro atoms. The predicted octanol–water partition coefficient (Wildman–Crippen LogP) is 2.39. The smallest absolute Gasteiger partial charge is 0.231 e. The molecule has 5 nitrogen and oxygen atoms in total. The number of hydrogen-bond acceptors (Lipinski definition) is 4. The Hall–Kier alpha value is -2.53. The molecule has 4 rings (SSSR count).